The predicted molar refractivity (Wildman–Crippen MR) is 71.8 cm³/mol. The summed E-state index contributed by atoms with van der Waals surface area (Å²) in [5.41, 5.74) is 0.915. The highest BCUT2D eigenvalue weighted by atomic mass is 16.3. The van der Waals surface area contributed by atoms with E-state index in [9.17, 15) is 9.90 Å². The molecule has 0 unspecified atom stereocenters. The van der Waals surface area contributed by atoms with Crippen molar-refractivity contribution in [2.45, 2.75) is 13.8 Å². The van der Waals surface area contributed by atoms with E-state index < -0.39 is 0 Å². The van der Waals surface area contributed by atoms with Gasteiger partial charge in [-0.3, -0.25) is 4.79 Å². The van der Waals surface area contributed by atoms with Crippen LogP contribution in [0.5, 0.6) is 0 Å². The molecule has 104 valence electrons. The van der Waals surface area contributed by atoms with E-state index >= 15 is 0 Å². The van der Waals surface area contributed by atoms with E-state index in [0.717, 1.165) is 18.1 Å². The van der Waals surface area contributed by atoms with Gasteiger partial charge in [0.05, 0.1) is 0 Å². The summed E-state index contributed by atoms with van der Waals surface area (Å²) in [6, 6.07) is 1.93. The Kier molecular flexibility index (Phi) is 4.31. The highest BCUT2D eigenvalue weighted by Crippen LogP contribution is 2.16. The summed E-state index contributed by atoms with van der Waals surface area (Å²) in [6.07, 6.45) is 1.55. The standard InChI is InChI=1S/C13H20N4O2/c1-10-5-13(15-9-14-10)17-4-3-16(11(2)19)6-12(7-17)8-18/h5,9,12,18H,3-4,6-8H2,1-2H3/t12-/m0/s1. The van der Waals surface area contributed by atoms with Gasteiger partial charge in [0.2, 0.25) is 5.91 Å². The Balaban J connectivity index is 2.16. The van der Waals surface area contributed by atoms with Crippen molar-refractivity contribution in [2.75, 3.05) is 37.7 Å². The third-order valence-electron chi connectivity index (χ3n) is 3.41. The molecular formula is C13H20N4O2. The maximum absolute atomic E-state index is 11.5. The highest BCUT2D eigenvalue weighted by Gasteiger charge is 2.24. The monoisotopic (exact) mass is 264 g/mol. The quantitative estimate of drug-likeness (QED) is 0.818. The first kappa shape index (κ1) is 13.7. The average molecular weight is 264 g/mol. The van der Waals surface area contributed by atoms with E-state index in [2.05, 4.69) is 14.9 Å². The Morgan fingerprint density at radius 1 is 1.42 bits per heavy atom. The number of aryl methyl sites for hydroxylation is 1. The first-order valence-corrected chi connectivity index (χ1v) is 6.50. The molecule has 19 heavy (non-hydrogen) atoms. The molecule has 2 rings (SSSR count). The van der Waals surface area contributed by atoms with Crippen molar-refractivity contribution in [1.29, 1.82) is 0 Å². The zero-order valence-electron chi connectivity index (χ0n) is 11.4. The van der Waals surface area contributed by atoms with Crippen LogP contribution in [0.3, 0.4) is 0 Å². The summed E-state index contributed by atoms with van der Waals surface area (Å²) in [4.78, 5) is 23.8. The number of aliphatic hydroxyl groups is 1. The number of aromatic nitrogens is 2. The maximum Gasteiger partial charge on any atom is 0.219 e. The molecule has 0 aliphatic carbocycles. The van der Waals surface area contributed by atoms with E-state index in [-0.39, 0.29) is 18.4 Å². The van der Waals surface area contributed by atoms with E-state index in [4.69, 9.17) is 0 Å². The Labute approximate surface area is 113 Å². The highest BCUT2D eigenvalue weighted by molar-refractivity contribution is 5.73. The third-order valence-corrected chi connectivity index (χ3v) is 3.41. The molecule has 1 aromatic heterocycles. The van der Waals surface area contributed by atoms with Gasteiger partial charge >= 0.3 is 0 Å². The molecule has 0 bridgehead atoms. The van der Waals surface area contributed by atoms with Crippen LogP contribution < -0.4 is 4.90 Å². The lowest BCUT2D eigenvalue weighted by molar-refractivity contribution is -0.129. The molecule has 0 radical (unpaired) electrons. The van der Waals surface area contributed by atoms with Crippen LogP contribution in [0.1, 0.15) is 12.6 Å². The van der Waals surface area contributed by atoms with Crippen LogP contribution in [-0.4, -0.2) is 58.7 Å². The van der Waals surface area contributed by atoms with E-state index in [1.54, 1.807) is 18.2 Å². The van der Waals surface area contributed by atoms with Gasteiger partial charge in [-0.2, -0.15) is 0 Å². The van der Waals surface area contributed by atoms with Crippen molar-refractivity contribution in [1.82, 2.24) is 14.9 Å². The predicted octanol–water partition coefficient (Wildman–Crippen LogP) is 0.0620. The second-order valence-corrected chi connectivity index (χ2v) is 4.98. The molecule has 1 aliphatic heterocycles. The van der Waals surface area contributed by atoms with Crippen LogP contribution in [0.25, 0.3) is 0 Å². The Bertz CT molecular complexity index is 452. The van der Waals surface area contributed by atoms with Gasteiger partial charge in [-0.05, 0) is 6.92 Å². The number of aliphatic hydroxyl groups excluding tert-OH is 1. The summed E-state index contributed by atoms with van der Waals surface area (Å²) in [5.74, 6) is 0.970. The van der Waals surface area contributed by atoms with Crippen molar-refractivity contribution in [3.05, 3.63) is 18.1 Å². The first-order chi connectivity index (χ1) is 9.10. The van der Waals surface area contributed by atoms with E-state index in [1.165, 1.54) is 0 Å². The van der Waals surface area contributed by atoms with Crippen LogP contribution in [0.2, 0.25) is 0 Å². The molecule has 6 heteroatoms. The van der Waals surface area contributed by atoms with Gasteiger partial charge in [-0.1, -0.05) is 0 Å². The van der Waals surface area contributed by atoms with Crippen LogP contribution >= 0.6 is 0 Å². The number of nitrogens with zero attached hydrogens (tertiary/aromatic N) is 4. The number of carbonyl (C=O) groups excluding carboxylic acids is 1. The number of amides is 1. The molecule has 1 aliphatic rings. The Morgan fingerprint density at radius 3 is 2.84 bits per heavy atom. The van der Waals surface area contributed by atoms with Gasteiger partial charge in [-0.25, -0.2) is 9.97 Å². The molecule has 2 heterocycles. The molecule has 0 aromatic carbocycles. The minimum atomic E-state index is 0.0548. The number of hydrogen-bond acceptors (Lipinski definition) is 5. The van der Waals surface area contributed by atoms with Crippen LogP contribution in [0, 0.1) is 12.8 Å². The van der Waals surface area contributed by atoms with Crippen molar-refractivity contribution < 1.29 is 9.90 Å². The lowest BCUT2D eigenvalue weighted by atomic mass is 10.1. The van der Waals surface area contributed by atoms with E-state index in [0.29, 0.717) is 19.6 Å². The summed E-state index contributed by atoms with van der Waals surface area (Å²) < 4.78 is 0. The fraction of sp³-hybridized carbons (Fsp3) is 0.615. The van der Waals surface area contributed by atoms with Crippen molar-refractivity contribution >= 4 is 11.7 Å². The van der Waals surface area contributed by atoms with Crippen molar-refractivity contribution in [2.24, 2.45) is 5.92 Å². The molecule has 1 N–H and O–H groups in total. The zero-order chi connectivity index (χ0) is 13.8. The fourth-order valence-corrected chi connectivity index (χ4v) is 2.33. The van der Waals surface area contributed by atoms with E-state index in [1.807, 2.05) is 13.0 Å². The molecule has 1 saturated heterocycles. The minimum absolute atomic E-state index is 0.0548. The zero-order valence-corrected chi connectivity index (χ0v) is 11.4. The summed E-state index contributed by atoms with van der Waals surface area (Å²) in [7, 11) is 0. The third kappa shape index (κ3) is 3.41. The minimum Gasteiger partial charge on any atom is -0.396 e. The normalized spacial score (nSPS) is 20.3. The second kappa shape index (κ2) is 5.97. The number of hydrogen-bond donors (Lipinski definition) is 1. The Morgan fingerprint density at radius 2 is 2.21 bits per heavy atom. The molecule has 1 amide bonds. The lowest BCUT2D eigenvalue weighted by Crippen LogP contribution is -2.35. The smallest absolute Gasteiger partial charge is 0.219 e. The molecule has 1 fully saturated rings. The lowest BCUT2D eigenvalue weighted by Gasteiger charge is -2.23. The van der Waals surface area contributed by atoms with Gasteiger partial charge in [0.15, 0.2) is 0 Å². The van der Waals surface area contributed by atoms with Gasteiger partial charge in [-0.15, -0.1) is 0 Å². The molecular weight excluding hydrogens is 244 g/mol. The SMILES string of the molecule is CC(=O)N1CCN(c2cc(C)ncn2)C[C@@H](CO)C1. The first-order valence-electron chi connectivity index (χ1n) is 6.50. The number of anilines is 1. The summed E-state index contributed by atoms with van der Waals surface area (Å²) >= 11 is 0. The molecule has 1 atom stereocenters. The number of rotatable bonds is 2. The van der Waals surface area contributed by atoms with Crippen molar-refractivity contribution in [3.8, 4) is 0 Å². The topological polar surface area (TPSA) is 69.6 Å². The number of carbonyl (C=O) groups is 1. The summed E-state index contributed by atoms with van der Waals surface area (Å²) in [6.45, 7) is 6.27. The molecule has 0 saturated carbocycles. The van der Waals surface area contributed by atoms with Gasteiger partial charge in [0.1, 0.15) is 12.1 Å². The summed E-state index contributed by atoms with van der Waals surface area (Å²) in [5, 5.41) is 9.44. The van der Waals surface area contributed by atoms with Gasteiger partial charge in [0.25, 0.3) is 0 Å². The van der Waals surface area contributed by atoms with Crippen molar-refractivity contribution in [3.63, 3.8) is 0 Å². The average Bonchev–Trinajstić information content (AvgIpc) is 2.61. The van der Waals surface area contributed by atoms with Crippen LogP contribution in [0.15, 0.2) is 12.4 Å². The Hall–Kier alpha value is -1.69. The molecule has 6 nitrogen and oxygen atoms in total. The maximum atomic E-state index is 11.5. The van der Waals surface area contributed by atoms with Gasteiger partial charge in [0, 0.05) is 57.4 Å². The van der Waals surface area contributed by atoms with Gasteiger partial charge < -0.3 is 14.9 Å². The van der Waals surface area contributed by atoms with Crippen LogP contribution in [-0.2, 0) is 4.79 Å². The second-order valence-electron chi connectivity index (χ2n) is 4.98. The molecule has 1 aromatic rings. The fourth-order valence-electron chi connectivity index (χ4n) is 2.33. The largest absolute Gasteiger partial charge is 0.396 e. The van der Waals surface area contributed by atoms with Crippen LogP contribution in [0.4, 0.5) is 5.82 Å². The molecule has 0 spiro atoms.